The van der Waals surface area contributed by atoms with Gasteiger partial charge in [-0.3, -0.25) is 9.69 Å². The zero-order valence-electron chi connectivity index (χ0n) is 13.5. The van der Waals surface area contributed by atoms with Crippen LogP contribution in [0.1, 0.15) is 20.8 Å². The summed E-state index contributed by atoms with van der Waals surface area (Å²) in [6.45, 7) is 11.2. The van der Waals surface area contributed by atoms with Gasteiger partial charge in [0, 0.05) is 51.2 Å². The number of rotatable bonds is 5. The first-order valence-electron chi connectivity index (χ1n) is 7.38. The van der Waals surface area contributed by atoms with E-state index in [-0.39, 0.29) is 36.8 Å². The van der Waals surface area contributed by atoms with Crippen molar-refractivity contribution in [2.75, 3.05) is 37.6 Å². The Balaban J connectivity index is 0.00000220. The van der Waals surface area contributed by atoms with Crippen LogP contribution >= 0.6 is 24.8 Å². The Hall–Kier alpha value is -0.980. The van der Waals surface area contributed by atoms with E-state index in [1.807, 2.05) is 26.2 Å². The van der Waals surface area contributed by atoms with E-state index in [2.05, 4.69) is 31.6 Å². The van der Waals surface area contributed by atoms with Crippen LogP contribution < -0.4 is 10.2 Å². The van der Waals surface area contributed by atoms with E-state index in [9.17, 15) is 4.79 Å². The van der Waals surface area contributed by atoms with Crippen LogP contribution in [0.25, 0.3) is 0 Å². The Kier molecular flexibility index (Phi) is 9.48. The fraction of sp³-hybridized carbons (Fsp3) is 0.714. The fourth-order valence-corrected chi connectivity index (χ4v) is 2.51. The zero-order valence-corrected chi connectivity index (χ0v) is 15.1. The van der Waals surface area contributed by atoms with Crippen molar-refractivity contribution in [3.63, 3.8) is 0 Å². The number of aromatic nitrogens is 2. The van der Waals surface area contributed by atoms with Gasteiger partial charge in [0.2, 0.25) is 11.9 Å². The third-order valence-electron chi connectivity index (χ3n) is 3.51. The molecule has 0 atom stereocenters. The maximum atomic E-state index is 11.7. The van der Waals surface area contributed by atoms with Crippen molar-refractivity contribution >= 4 is 36.7 Å². The molecule has 0 unspecified atom stereocenters. The second-order valence-corrected chi connectivity index (χ2v) is 5.50. The summed E-state index contributed by atoms with van der Waals surface area (Å²) in [6.07, 6.45) is 3.86. The van der Waals surface area contributed by atoms with Gasteiger partial charge in [-0.25, -0.2) is 4.98 Å². The molecule has 1 aromatic heterocycles. The summed E-state index contributed by atoms with van der Waals surface area (Å²) in [5.41, 5.74) is 0. The van der Waals surface area contributed by atoms with Gasteiger partial charge in [-0.05, 0) is 20.8 Å². The molecule has 8 heteroatoms. The van der Waals surface area contributed by atoms with Gasteiger partial charge in [-0.1, -0.05) is 0 Å². The van der Waals surface area contributed by atoms with Crippen molar-refractivity contribution in [2.24, 2.45) is 0 Å². The topological polar surface area (TPSA) is 53.4 Å². The van der Waals surface area contributed by atoms with E-state index in [1.165, 1.54) is 0 Å². The molecule has 0 radical (unpaired) electrons. The molecule has 6 nitrogen and oxygen atoms in total. The zero-order chi connectivity index (χ0) is 14.5. The van der Waals surface area contributed by atoms with Crippen molar-refractivity contribution in [3.8, 4) is 0 Å². The third-order valence-corrected chi connectivity index (χ3v) is 3.51. The number of piperazine rings is 1. The molecular weight excluding hydrogens is 325 g/mol. The van der Waals surface area contributed by atoms with Gasteiger partial charge >= 0.3 is 0 Å². The largest absolute Gasteiger partial charge is 0.353 e. The van der Waals surface area contributed by atoms with E-state index >= 15 is 0 Å². The Labute approximate surface area is 145 Å². The van der Waals surface area contributed by atoms with Crippen LogP contribution in [0.2, 0.25) is 0 Å². The molecule has 1 amide bonds. The molecule has 1 fully saturated rings. The summed E-state index contributed by atoms with van der Waals surface area (Å²) in [5.74, 6) is 1.15. The predicted molar refractivity (Wildman–Crippen MR) is 94.3 cm³/mol. The number of imidazole rings is 1. The number of nitrogens with zero attached hydrogens (tertiary/aromatic N) is 4. The Morgan fingerprint density at radius 3 is 2.45 bits per heavy atom. The highest BCUT2D eigenvalue weighted by molar-refractivity contribution is 5.85. The lowest BCUT2D eigenvalue weighted by atomic mass is 10.3. The Bertz CT molecular complexity index is 444. The second kappa shape index (κ2) is 9.92. The van der Waals surface area contributed by atoms with Crippen molar-refractivity contribution in [1.29, 1.82) is 0 Å². The minimum absolute atomic E-state index is 0. The van der Waals surface area contributed by atoms with E-state index in [0.717, 1.165) is 38.7 Å². The number of carbonyl (C=O) groups is 1. The normalized spacial score (nSPS) is 15.2. The SMILES string of the molecule is CCn1ccnc1N1CCN(CC(=O)NC(C)C)CC1.Cl.Cl. The maximum absolute atomic E-state index is 11.7. The number of amides is 1. The molecule has 0 aromatic carbocycles. The van der Waals surface area contributed by atoms with Gasteiger partial charge in [-0.2, -0.15) is 0 Å². The van der Waals surface area contributed by atoms with Gasteiger partial charge < -0.3 is 14.8 Å². The molecule has 1 saturated heterocycles. The van der Waals surface area contributed by atoms with Crippen molar-refractivity contribution in [2.45, 2.75) is 33.4 Å². The summed E-state index contributed by atoms with van der Waals surface area (Å²) in [7, 11) is 0. The smallest absolute Gasteiger partial charge is 0.234 e. The molecule has 128 valence electrons. The highest BCUT2D eigenvalue weighted by atomic mass is 35.5. The number of hydrogen-bond donors (Lipinski definition) is 1. The number of nitrogens with one attached hydrogen (secondary N) is 1. The average Bonchev–Trinajstić information content (AvgIpc) is 2.86. The highest BCUT2D eigenvalue weighted by Gasteiger charge is 2.21. The minimum Gasteiger partial charge on any atom is -0.353 e. The first-order valence-corrected chi connectivity index (χ1v) is 7.38. The first kappa shape index (κ1) is 21.0. The van der Waals surface area contributed by atoms with Crippen LogP contribution in [0, 0.1) is 0 Å². The van der Waals surface area contributed by atoms with E-state index in [1.54, 1.807) is 0 Å². The Morgan fingerprint density at radius 1 is 1.27 bits per heavy atom. The molecule has 1 aromatic rings. The first-order chi connectivity index (χ1) is 9.60. The monoisotopic (exact) mass is 351 g/mol. The number of hydrogen-bond acceptors (Lipinski definition) is 4. The number of halogens is 2. The minimum atomic E-state index is 0. The summed E-state index contributed by atoms with van der Waals surface area (Å²) in [4.78, 5) is 20.7. The van der Waals surface area contributed by atoms with E-state index in [4.69, 9.17) is 0 Å². The van der Waals surface area contributed by atoms with Crippen LogP contribution in [0.5, 0.6) is 0 Å². The van der Waals surface area contributed by atoms with Crippen LogP contribution in [0.15, 0.2) is 12.4 Å². The van der Waals surface area contributed by atoms with E-state index < -0.39 is 0 Å². The maximum Gasteiger partial charge on any atom is 0.234 e. The third kappa shape index (κ3) is 5.66. The molecule has 1 aliphatic heterocycles. The number of aryl methyl sites for hydroxylation is 1. The van der Waals surface area contributed by atoms with Crippen LogP contribution in [-0.4, -0.2) is 59.1 Å². The fourth-order valence-electron chi connectivity index (χ4n) is 2.51. The van der Waals surface area contributed by atoms with Gasteiger partial charge in [-0.15, -0.1) is 24.8 Å². The van der Waals surface area contributed by atoms with Gasteiger partial charge in [0.15, 0.2) is 0 Å². The molecule has 1 aliphatic rings. The molecule has 0 aliphatic carbocycles. The second-order valence-electron chi connectivity index (χ2n) is 5.50. The highest BCUT2D eigenvalue weighted by Crippen LogP contribution is 2.14. The number of anilines is 1. The average molecular weight is 352 g/mol. The lowest BCUT2D eigenvalue weighted by Gasteiger charge is -2.35. The summed E-state index contributed by atoms with van der Waals surface area (Å²) in [6, 6.07) is 0.209. The van der Waals surface area contributed by atoms with Crippen LogP contribution in [0.3, 0.4) is 0 Å². The molecule has 0 bridgehead atoms. The lowest BCUT2D eigenvalue weighted by Crippen LogP contribution is -2.50. The van der Waals surface area contributed by atoms with Crippen molar-refractivity contribution in [3.05, 3.63) is 12.4 Å². The van der Waals surface area contributed by atoms with Gasteiger partial charge in [0.05, 0.1) is 6.54 Å². The Morgan fingerprint density at radius 2 is 1.91 bits per heavy atom. The van der Waals surface area contributed by atoms with Gasteiger partial charge in [0.25, 0.3) is 0 Å². The molecule has 2 heterocycles. The summed E-state index contributed by atoms with van der Waals surface area (Å²) < 4.78 is 2.15. The molecule has 22 heavy (non-hydrogen) atoms. The van der Waals surface area contributed by atoms with Crippen LogP contribution in [0.4, 0.5) is 5.95 Å². The molecule has 0 saturated carbocycles. The van der Waals surface area contributed by atoms with Gasteiger partial charge in [0.1, 0.15) is 0 Å². The number of carbonyl (C=O) groups excluding carboxylic acids is 1. The summed E-state index contributed by atoms with van der Waals surface area (Å²) in [5, 5.41) is 2.94. The predicted octanol–water partition coefficient (Wildman–Crippen LogP) is 1.39. The molecule has 1 N–H and O–H groups in total. The van der Waals surface area contributed by atoms with Crippen molar-refractivity contribution in [1.82, 2.24) is 19.8 Å². The molecular formula is C14H27Cl2N5O. The van der Waals surface area contributed by atoms with Crippen molar-refractivity contribution < 1.29 is 4.79 Å². The standard InChI is InChI=1S/C14H25N5O.2ClH/c1-4-18-6-5-15-14(18)19-9-7-17(8-10-19)11-13(20)16-12(2)3;;/h5-6,12H,4,7-11H2,1-3H3,(H,16,20);2*1H. The quantitative estimate of drug-likeness (QED) is 0.870. The molecule has 0 spiro atoms. The van der Waals surface area contributed by atoms with E-state index in [0.29, 0.717) is 6.54 Å². The lowest BCUT2D eigenvalue weighted by molar-refractivity contribution is -0.122. The summed E-state index contributed by atoms with van der Waals surface area (Å²) >= 11 is 0. The molecule has 2 rings (SSSR count). The van der Waals surface area contributed by atoms with Crippen LogP contribution in [-0.2, 0) is 11.3 Å².